The second kappa shape index (κ2) is 5.96. The summed E-state index contributed by atoms with van der Waals surface area (Å²) in [6.07, 6.45) is -0.504. The van der Waals surface area contributed by atoms with Crippen molar-refractivity contribution in [3.63, 3.8) is 0 Å². The summed E-state index contributed by atoms with van der Waals surface area (Å²) < 4.78 is 7.10. The fourth-order valence-electron chi connectivity index (χ4n) is 2.35. The van der Waals surface area contributed by atoms with Gasteiger partial charge in [-0.05, 0) is 19.9 Å². The fraction of sp³-hybridized carbons (Fsp3) is 0.400. The lowest BCUT2D eigenvalue weighted by atomic mass is 10.1. The molecule has 0 saturated carbocycles. The van der Waals surface area contributed by atoms with Crippen LogP contribution in [0, 0.1) is 6.92 Å². The van der Waals surface area contributed by atoms with Crippen LogP contribution in [0.3, 0.4) is 0 Å². The summed E-state index contributed by atoms with van der Waals surface area (Å²) in [6.45, 7) is 4.32. The van der Waals surface area contributed by atoms with E-state index in [2.05, 4.69) is 10.4 Å². The molecule has 108 valence electrons. The van der Waals surface area contributed by atoms with Gasteiger partial charge in [0, 0.05) is 24.8 Å². The van der Waals surface area contributed by atoms with Gasteiger partial charge in [-0.15, -0.1) is 0 Å². The zero-order valence-corrected chi connectivity index (χ0v) is 12.3. The van der Waals surface area contributed by atoms with Crippen molar-refractivity contribution in [1.29, 1.82) is 0 Å². The maximum Gasteiger partial charge on any atom is 0.216 e. The largest absolute Gasteiger partial charge is 0.481 e. The van der Waals surface area contributed by atoms with Crippen LogP contribution in [0.4, 0.5) is 5.69 Å². The minimum atomic E-state index is -0.504. The van der Waals surface area contributed by atoms with Gasteiger partial charge in [-0.2, -0.15) is 5.10 Å². The average Bonchev–Trinajstić information content (AvgIpc) is 2.70. The number of ether oxygens (including phenoxy) is 1. The number of methoxy groups -OCH3 is 1. The highest BCUT2D eigenvalue weighted by Crippen LogP contribution is 2.25. The number of anilines is 1. The Bertz CT molecular complexity index is 591. The van der Waals surface area contributed by atoms with Crippen LogP contribution in [0.15, 0.2) is 24.3 Å². The van der Waals surface area contributed by atoms with Crippen molar-refractivity contribution in [2.45, 2.75) is 26.5 Å². The number of nitrogens with one attached hydrogen (secondary N) is 1. The minimum absolute atomic E-state index is 0.504. The zero-order chi connectivity index (χ0) is 14.7. The van der Waals surface area contributed by atoms with Gasteiger partial charge in [0.15, 0.2) is 0 Å². The Kier molecular flexibility index (Phi) is 4.29. The van der Waals surface area contributed by atoms with Gasteiger partial charge in [-0.3, -0.25) is 0 Å². The van der Waals surface area contributed by atoms with E-state index in [1.807, 2.05) is 38.2 Å². The van der Waals surface area contributed by atoms with Gasteiger partial charge < -0.3 is 15.2 Å². The Hall–Kier alpha value is -2.01. The number of rotatable bonds is 5. The molecule has 1 aromatic heterocycles. The van der Waals surface area contributed by atoms with Gasteiger partial charge in [0.05, 0.1) is 24.5 Å². The number of aryl methyl sites for hydroxylation is 2. The monoisotopic (exact) mass is 275 g/mol. The van der Waals surface area contributed by atoms with Crippen molar-refractivity contribution < 1.29 is 9.84 Å². The summed E-state index contributed by atoms with van der Waals surface area (Å²) in [5, 5.41) is 17.5. The second-order valence-electron chi connectivity index (χ2n) is 4.81. The maximum absolute atomic E-state index is 9.78. The molecule has 0 aliphatic carbocycles. The number of hydrogen-bond donors (Lipinski definition) is 2. The average molecular weight is 275 g/mol. The van der Waals surface area contributed by atoms with Crippen LogP contribution in [0.2, 0.25) is 0 Å². The highest BCUT2D eigenvalue weighted by atomic mass is 16.5. The SMILES string of the molecule is COc1c(CNc2ccccc2C(C)O)c(C)nn1C. The number of aliphatic hydroxyl groups excluding tert-OH is 1. The molecule has 0 radical (unpaired) electrons. The first-order chi connectivity index (χ1) is 9.54. The van der Waals surface area contributed by atoms with Gasteiger partial charge >= 0.3 is 0 Å². The predicted octanol–water partition coefficient (Wildman–Crippen LogP) is 2.40. The third-order valence-electron chi connectivity index (χ3n) is 3.35. The first-order valence-electron chi connectivity index (χ1n) is 6.62. The zero-order valence-electron chi connectivity index (χ0n) is 12.3. The molecule has 0 aliphatic rings. The van der Waals surface area contributed by atoms with Crippen molar-refractivity contribution in [2.75, 3.05) is 12.4 Å². The van der Waals surface area contributed by atoms with Crippen LogP contribution < -0.4 is 10.1 Å². The highest BCUT2D eigenvalue weighted by Gasteiger charge is 2.14. The molecule has 5 nitrogen and oxygen atoms in total. The molecular weight excluding hydrogens is 254 g/mol. The van der Waals surface area contributed by atoms with E-state index in [1.165, 1.54) is 0 Å². The molecule has 0 aliphatic heterocycles. The van der Waals surface area contributed by atoms with Crippen LogP contribution in [0.25, 0.3) is 0 Å². The molecule has 1 unspecified atom stereocenters. The van der Waals surface area contributed by atoms with Gasteiger partial charge in [0.2, 0.25) is 5.88 Å². The van der Waals surface area contributed by atoms with Crippen LogP contribution in [-0.4, -0.2) is 22.0 Å². The molecule has 2 aromatic rings. The Labute approximate surface area is 119 Å². The smallest absolute Gasteiger partial charge is 0.216 e. The molecule has 1 heterocycles. The van der Waals surface area contributed by atoms with E-state index in [1.54, 1.807) is 18.7 Å². The van der Waals surface area contributed by atoms with Crippen molar-refractivity contribution in [2.24, 2.45) is 7.05 Å². The van der Waals surface area contributed by atoms with Crippen molar-refractivity contribution >= 4 is 5.69 Å². The number of hydrogen-bond acceptors (Lipinski definition) is 4. The molecule has 2 rings (SSSR count). The number of nitrogens with zero attached hydrogens (tertiary/aromatic N) is 2. The van der Waals surface area contributed by atoms with Crippen molar-refractivity contribution in [1.82, 2.24) is 9.78 Å². The standard InChI is InChI=1S/C15H21N3O2/c1-10-13(15(20-4)18(3)17-10)9-16-14-8-6-5-7-12(14)11(2)19/h5-8,11,16,19H,9H2,1-4H3. The summed E-state index contributed by atoms with van der Waals surface area (Å²) in [4.78, 5) is 0. The molecule has 0 saturated heterocycles. The Morgan fingerprint density at radius 3 is 2.75 bits per heavy atom. The minimum Gasteiger partial charge on any atom is -0.481 e. The Balaban J connectivity index is 2.21. The van der Waals surface area contributed by atoms with Crippen molar-refractivity contribution in [3.8, 4) is 5.88 Å². The lowest BCUT2D eigenvalue weighted by Gasteiger charge is -2.14. The molecule has 0 amide bonds. The topological polar surface area (TPSA) is 59.3 Å². The quantitative estimate of drug-likeness (QED) is 0.879. The van der Waals surface area contributed by atoms with Crippen LogP contribution in [0.1, 0.15) is 29.8 Å². The summed E-state index contributed by atoms with van der Waals surface area (Å²) in [5.41, 5.74) is 3.77. The second-order valence-corrected chi connectivity index (χ2v) is 4.81. The highest BCUT2D eigenvalue weighted by molar-refractivity contribution is 5.53. The number of para-hydroxylation sites is 1. The number of benzene rings is 1. The van der Waals surface area contributed by atoms with E-state index in [9.17, 15) is 5.11 Å². The summed E-state index contributed by atoms with van der Waals surface area (Å²) in [7, 11) is 3.50. The first-order valence-corrected chi connectivity index (χ1v) is 6.62. The van der Waals surface area contributed by atoms with E-state index in [4.69, 9.17) is 4.74 Å². The Morgan fingerprint density at radius 1 is 1.40 bits per heavy atom. The van der Waals surface area contributed by atoms with Crippen LogP contribution in [0.5, 0.6) is 5.88 Å². The summed E-state index contributed by atoms with van der Waals surface area (Å²) in [5.74, 6) is 0.754. The van der Waals surface area contributed by atoms with Gasteiger partial charge in [-0.25, -0.2) is 4.68 Å². The van der Waals surface area contributed by atoms with E-state index in [0.29, 0.717) is 6.54 Å². The van der Waals surface area contributed by atoms with E-state index >= 15 is 0 Å². The van der Waals surface area contributed by atoms with Crippen LogP contribution in [-0.2, 0) is 13.6 Å². The van der Waals surface area contributed by atoms with Crippen LogP contribution >= 0.6 is 0 Å². The van der Waals surface area contributed by atoms with Gasteiger partial charge in [0.25, 0.3) is 0 Å². The molecule has 1 atom stereocenters. The summed E-state index contributed by atoms with van der Waals surface area (Å²) >= 11 is 0. The first kappa shape index (κ1) is 14.4. The molecule has 0 fully saturated rings. The van der Waals surface area contributed by atoms with E-state index < -0.39 is 6.10 Å². The lowest BCUT2D eigenvalue weighted by molar-refractivity contribution is 0.200. The molecule has 20 heavy (non-hydrogen) atoms. The normalized spacial score (nSPS) is 12.2. The Morgan fingerprint density at radius 2 is 2.10 bits per heavy atom. The molecule has 2 N–H and O–H groups in total. The third kappa shape index (κ3) is 2.77. The molecule has 5 heteroatoms. The third-order valence-corrected chi connectivity index (χ3v) is 3.35. The number of aromatic nitrogens is 2. The molecule has 0 bridgehead atoms. The molecular formula is C15H21N3O2. The molecule has 0 spiro atoms. The van der Waals surface area contributed by atoms with E-state index in [-0.39, 0.29) is 0 Å². The van der Waals surface area contributed by atoms with Crippen molar-refractivity contribution in [3.05, 3.63) is 41.1 Å². The van der Waals surface area contributed by atoms with E-state index in [0.717, 1.165) is 28.4 Å². The lowest BCUT2D eigenvalue weighted by Crippen LogP contribution is -2.06. The fourth-order valence-corrected chi connectivity index (χ4v) is 2.35. The summed E-state index contributed by atoms with van der Waals surface area (Å²) in [6, 6.07) is 7.74. The van der Waals surface area contributed by atoms with Gasteiger partial charge in [0.1, 0.15) is 0 Å². The molecule has 1 aromatic carbocycles. The van der Waals surface area contributed by atoms with Gasteiger partial charge in [-0.1, -0.05) is 18.2 Å². The predicted molar refractivity (Wildman–Crippen MR) is 78.9 cm³/mol. The maximum atomic E-state index is 9.78. The number of aliphatic hydroxyl groups is 1.